The molecule has 1 unspecified atom stereocenters. The molecule has 0 radical (unpaired) electrons. The third-order valence-corrected chi connectivity index (χ3v) is 4.65. The molecule has 0 aromatic heterocycles. The lowest BCUT2D eigenvalue weighted by molar-refractivity contribution is -0.186. The average molecular weight is 286 g/mol. The first-order valence-electron chi connectivity index (χ1n) is 7.81. The summed E-state index contributed by atoms with van der Waals surface area (Å²) >= 11 is 0. The first-order chi connectivity index (χ1) is 10.1. The maximum Gasteiger partial charge on any atom is 0.333 e. The summed E-state index contributed by atoms with van der Waals surface area (Å²) in [6.45, 7) is 1.99. The minimum absolute atomic E-state index is 0.441. The molecule has 21 heavy (non-hydrogen) atoms. The number of benzene rings is 1. The number of rotatable bonds is 3. The van der Waals surface area contributed by atoms with E-state index in [-0.39, 0.29) is 0 Å². The van der Waals surface area contributed by atoms with E-state index >= 15 is 0 Å². The Morgan fingerprint density at radius 1 is 1.19 bits per heavy atom. The molecular formula is C18H22O3. The van der Waals surface area contributed by atoms with Crippen LogP contribution in [-0.4, -0.2) is 11.1 Å². The molecule has 3 nitrogen and oxygen atoms in total. The molecule has 1 saturated carbocycles. The summed E-state index contributed by atoms with van der Waals surface area (Å²) in [5.41, 5.74) is 2.47. The second-order valence-electron chi connectivity index (χ2n) is 6.31. The van der Waals surface area contributed by atoms with Crippen molar-refractivity contribution in [1.82, 2.24) is 0 Å². The van der Waals surface area contributed by atoms with Crippen LogP contribution in [0.4, 0.5) is 0 Å². The normalized spacial score (nSPS) is 26.6. The number of esters is 1. The largest absolute Gasteiger partial charge is 0.421 e. The molecule has 1 aliphatic carbocycles. The number of aryl methyl sites for hydroxylation is 1. The molecule has 1 atom stereocenters. The molecule has 0 saturated heterocycles. The van der Waals surface area contributed by atoms with Gasteiger partial charge in [0, 0.05) is 17.2 Å². The standard InChI is InChI=1S/C18H22O3/c1-13-7-9-15(10-8-13)18(20)16(12-17(19)21-18)11-14-5-3-2-4-6-14/h7-10,12,14,20H,2-6,11H2,1H3. The molecule has 0 bridgehead atoms. The van der Waals surface area contributed by atoms with Gasteiger partial charge < -0.3 is 9.84 Å². The zero-order valence-corrected chi connectivity index (χ0v) is 12.5. The van der Waals surface area contributed by atoms with Gasteiger partial charge in [0.1, 0.15) is 0 Å². The predicted molar refractivity (Wildman–Crippen MR) is 80.4 cm³/mol. The van der Waals surface area contributed by atoms with Crippen molar-refractivity contribution in [2.45, 2.75) is 51.2 Å². The van der Waals surface area contributed by atoms with Gasteiger partial charge >= 0.3 is 5.97 Å². The minimum atomic E-state index is -1.57. The quantitative estimate of drug-likeness (QED) is 0.864. The van der Waals surface area contributed by atoms with Gasteiger partial charge in [-0.2, -0.15) is 0 Å². The van der Waals surface area contributed by atoms with Crippen LogP contribution in [-0.2, 0) is 15.3 Å². The van der Waals surface area contributed by atoms with E-state index < -0.39 is 11.8 Å². The predicted octanol–water partition coefficient (Wildman–Crippen LogP) is 3.59. The van der Waals surface area contributed by atoms with Gasteiger partial charge in [-0.15, -0.1) is 0 Å². The average Bonchev–Trinajstić information content (AvgIpc) is 2.76. The van der Waals surface area contributed by atoms with Crippen LogP contribution in [0.1, 0.15) is 49.7 Å². The number of hydrogen-bond donors (Lipinski definition) is 1. The van der Waals surface area contributed by atoms with Gasteiger partial charge in [-0.05, 0) is 19.3 Å². The zero-order chi connectivity index (χ0) is 14.9. The van der Waals surface area contributed by atoms with E-state index in [1.54, 1.807) is 0 Å². The van der Waals surface area contributed by atoms with Gasteiger partial charge in [0.25, 0.3) is 5.79 Å². The van der Waals surface area contributed by atoms with Gasteiger partial charge in [0.15, 0.2) is 0 Å². The van der Waals surface area contributed by atoms with Gasteiger partial charge in [0.05, 0.1) is 0 Å². The van der Waals surface area contributed by atoms with Gasteiger partial charge in [-0.25, -0.2) is 4.79 Å². The summed E-state index contributed by atoms with van der Waals surface area (Å²) in [5, 5.41) is 10.9. The van der Waals surface area contributed by atoms with Crippen LogP contribution in [0.5, 0.6) is 0 Å². The summed E-state index contributed by atoms with van der Waals surface area (Å²) < 4.78 is 5.25. The van der Waals surface area contributed by atoms with Crippen molar-refractivity contribution in [2.24, 2.45) is 5.92 Å². The lowest BCUT2D eigenvalue weighted by Crippen LogP contribution is -2.30. The van der Waals surface area contributed by atoms with Crippen molar-refractivity contribution >= 4 is 5.97 Å². The summed E-state index contributed by atoms with van der Waals surface area (Å²) in [6, 6.07) is 7.53. The van der Waals surface area contributed by atoms with Gasteiger partial charge in [0.2, 0.25) is 0 Å². The number of hydrogen-bond acceptors (Lipinski definition) is 3. The molecule has 0 spiro atoms. The molecular weight excluding hydrogens is 264 g/mol. The van der Waals surface area contributed by atoms with Crippen LogP contribution in [0.2, 0.25) is 0 Å². The molecule has 0 amide bonds. The SMILES string of the molecule is Cc1ccc(C2(O)OC(=O)C=C2CC2CCCCC2)cc1. The van der Waals surface area contributed by atoms with Gasteiger partial charge in [-0.3, -0.25) is 0 Å². The van der Waals surface area contributed by atoms with Crippen molar-refractivity contribution in [3.8, 4) is 0 Å². The Balaban J connectivity index is 1.84. The molecule has 1 fully saturated rings. The highest BCUT2D eigenvalue weighted by Gasteiger charge is 2.43. The van der Waals surface area contributed by atoms with E-state index in [1.807, 2.05) is 31.2 Å². The second kappa shape index (κ2) is 5.64. The van der Waals surface area contributed by atoms with E-state index in [0.29, 0.717) is 17.1 Å². The Bertz CT molecular complexity index is 552. The fraction of sp³-hybridized carbons (Fsp3) is 0.500. The molecule has 1 aliphatic heterocycles. The zero-order valence-electron chi connectivity index (χ0n) is 12.5. The molecule has 3 heteroatoms. The minimum Gasteiger partial charge on any atom is -0.421 e. The highest BCUT2D eigenvalue weighted by molar-refractivity contribution is 5.86. The number of ether oxygens (including phenoxy) is 1. The van der Waals surface area contributed by atoms with Crippen molar-refractivity contribution in [2.75, 3.05) is 0 Å². The van der Waals surface area contributed by atoms with E-state index in [0.717, 1.165) is 12.0 Å². The summed E-state index contributed by atoms with van der Waals surface area (Å²) in [7, 11) is 0. The second-order valence-corrected chi connectivity index (χ2v) is 6.31. The van der Waals surface area contributed by atoms with Crippen LogP contribution >= 0.6 is 0 Å². The third kappa shape index (κ3) is 2.88. The molecule has 3 rings (SSSR count). The number of carbonyl (C=O) groups is 1. The van der Waals surface area contributed by atoms with Crippen LogP contribution in [0.3, 0.4) is 0 Å². The smallest absolute Gasteiger partial charge is 0.333 e. The Morgan fingerprint density at radius 3 is 2.52 bits per heavy atom. The van der Waals surface area contributed by atoms with Crippen LogP contribution < -0.4 is 0 Å². The lowest BCUT2D eigenvalue weighted by atomic mass is 9.82. The fourth-order valence-electron chi connectivity index (χ4n) is 3.40. The highest BCUT2D eigenvalue weighted by atomic mass is 16.7. The highest BCUT2D eigenvalue weighted by Crippen LogP contribution is 2.41. The van der Waals surface area contributed by atoms with E-state index in [9.17, 15) is 9.90 Å². The molecule has 1 heterocycles. The number of cyclic esters (lactones) is 1. The van der Waals surface area contributed by atoms with E-state index in [1.165, 1.54) is 38.2 Å². The Kier molecular flexibility index (Phi) is 3.85. The fourth-order valence-corrected chi connectivity index (χ4v) is 3.40. The summed E-state index contributed by atoms with van der Waals surface area (Å²) in [5.74, 6) is -1.46. The molecule has 1 aromatic carbocycles. The first kappa shape index (κ1) is 14.3. The summed E-state index contributed by atoms with van der Waals surface area (Å²) in [6.07, 6.45) is 8.37. The topological polar surface area (TPSA) is 46.5 Å². The summed E-state index contributed by atoms with van der Waals surface area (Å²) in [4.78, 5) is 11.7. The Morgan fingerprint density at radius 2 is 1.86 bits per heavy atom. The molecule has 1 N–H and O–H groups in total. The Hall–Kier alpha value is -1.61. The Labute approximate surface area is 125 Å². The lowest BCUT2D eigenvalue weighted by Gasteiger charge is -2.29. The van der Waals surface area contributed by atoms with Crippen molar-refractivity contribution < 1.29 is 14.6 Å². The molecule has 112 valence electrons. The number of carbonyl (C=O) groups excluding carboxylic acids is 1. The maximum atomic E-state index is 11.7. The van der Waals surface area contributed by atoms with E-state index in [2.05, 4.69) is 0 Å². The van der Waals surface area contributed by atoms with Crippen molar-refractivity contribution in [3.05, 3.63) is 47.0 Å². The van der Waals surface area contributed by atoms with Crippen LogP contribution in [0, 0.1) is 12.8 Å². The maximum absolute atomic E-state index is 11.7. The monoisotopic (exact) mass is 286 g/mol. The van der Waals surface area contributed by atoms with E-state index in [4.69, 9.17) is 4.74 Å². The van der Waals surface area contributed by atoms with Crippen LogP contribution in [0.15, 0.2) is 35.9 Å². The first-order valence-corrected chi connectivity index (χ1v) is 7.81. The van der Waals surface area contributed by atoms with Crippen molar-refractivity contribution in [1.29, 1.82) is 0 Å². The number of aliphatic hydroxyl groups is 1. The molecule has 1 aromatic rings. The third-order valence-electron chi connectivity index (χ3n) is 4.65. The molecule has 2 aliphatic rings. The van der Waals surface area contributed by atoms with Crippen molar-refractivity contribution in [3.63, 3.8) is 0 Å². The van der Waals surface area contributed by atoms with Gasteiger partial charge in [-0.1, -0.05) is 61.9 Å². The van der Waals surface area contributed by atoms with Crippen LogP contribution in [0.25, 0.3) is 0 Å².